The van der Waals surface area contributed by atoms with Gasteiger partial charge in [-0.25, -0.2) is 9.97 Å². The maximum Gasteiger partial charge on any atom is 0.133 e. The lowest BCUT2D eigenvalue weighted by Crippen LogP contribution is -2.09. The minimum Gasteiger partial charge on any atom is -0.275 e. The van der Waals surface area contributed by atoms with Crippen LogP contribution in [0.1, 0.15) is 29.6 Å². The number of rotatable bonds is 5. The molecule has 0 aliphatic heterocycles. The van der Waals surface area contributed by atoms with Gasteiger partial charge >= 0.3 is 0 Å². The summed E-state index contributed by atoms with van der Waals surface area (Å²) in [5.74, 6) is 0.809. The minimum absolute atomic E-state index is 0.665. The maximum absolute atomic E-state index is 5.04. The van der Waals surface area contributed by atoms with Crippen molar-refractivity contribution in [1.29, 1.82) is 0 Å². The monoisotopic (exact) mass is 450 g/mol. The predicted octanol–water partition coefficient (Wildman–Crippen LogP) is 3.85. The average Bonchev–Trinajstić information content (AvgIpc) is 3.57. The second-order valence-corrected chi connectivity index (χ2v) is 8.82. The Kier molecular flexibility index (Phi) is 4.86. The Balaban J connectivity index is 1.39. The molecule has 4 aromatic heterocycles. The molecular formula is C26H26N8. The van der Waals surface area contributed by atoms with Crippen molar-refractivity contribution in [2.75, 3.05) is 0 Å². The van der Waals surface area contributed by atoms with Crippen LogP contribution in [0.5, 0.6) is 0 Å². The molecule has 8 nitrogen and oxygen atoms in total. The summed E-state index contributed by atoms with van der Waals surface area (Å²) in [6, 6.07) is 8.61. The molecule has 0 unspecified atom stereocenters. The molecular weight excluding hydrogens is 424 g/mol. The number of benzene rings is 1. The van der Waals surface area contributed by atoms with Crippen molar-refractivity contribution < 1.29 is 0 Å². The molecule has 170 valence electrons. The maximum atomic E-state index is 5.04. The van der Waals surface area contributed by atoms with E-state index in [1.54, 1.807) is 0 Å². The van der Waals surface area contributed by atoms with Gasteiger partial charge in [0.15, 0.2) is 0 Å². The Labute approximate surface area is 197 Å². The fourth-order valence-electron chi connectivity index (χ4n) is 4.76. The van der Waals surface area contributed by atoms with Crippen LogP contribution in [0.4, 0.5) is 0 Å². The molecule has 0 saturated heterocycles. The van der Waals surface area contributed by atoms with E-state index in [9.17, 15) is 0 Å². The zero-order valence-electron chi connectivity index (χ0n) is 19.6. The number of fused-ring (bicyclic) bond motifs is 3. The lowest BCUT2D eigenvalue weighted by Gasteiger charge is -2.16. The van der Waals surface area contributed by atoms with Gasteiger partial charge in [0.1, 0.15) is 5.82 Å². The highest BCUT2D eigenvalue weighted by Crippen LogP contribution is 2.39. The van der Waals surface area contributed by atoms with E-state index in [0.717, 1.165) is 70.1 Å². The first-order chi connectivity index (χ1) is 16.6. The zero-order valence-corrected chi connectivity index (χ0v) is 19.6. The summed E-state index contributed by atoms with van der Waals surface area (Å²) in [6.07, 6.45) is 12.3. The van der Waals surface area contributed by atoms with Gasteiger partial charge in [-0.1, -0.05) is 24.3 Å². The van der Waals surface area contributed by atoms with Crippen LogP contribution in [0, 0.1) is 0 Å². The highest BCUT2D eigenvalue weighted by molar-refractivity contribution is 5.84. The minimum atomic E-state index is 0.665. The van der Waals surface area contributed by atoms with Crippen LogP contribution in [-0.4, -0.2) is 39.3 Å². The fraction of sp³-hybridized carbons (Fsp3) is 0.269. The zero-order chi connectivity index (χ0) is 23.2. The van der Waals surface area contributed by atoms with E-state index in [-0.39, 0.29) is 0 Å². The summed E-state index contributed by atoms with van der Waals surface area (Å²) >= 11 is 0. The largest absolute Gasteiger partial charge is 0.275 e. The Morgan fingerprint density at radius 3 is 2.44 bits per heavy atom. The van der Waals surface area contributed by atoms with Crippen molar-refractivity contribution >= 4 is 0 Å². The van der Waals surface area contributed by atoms with Crippen LogP contribution in [0.3, 0.4) is 0 Å². The first kappa shape index (κ1) is 20.5. The van der Waals surface area contributed by atoms with Gasteiger partial charge in [0.2, 0.25) is 0 Å². The molecule has 0 spiro atoms. The van der Waals surface area contributed by atoms with Crippen molar-refractivity contribution in [3.05, 3.63) is 77.9 Å². The summed E-state index contributed by atoms with van der Waals surface area (Å²) in [5, 5.41) is 13.5. The fourth-order valence-corrected chi connectivity index (χ4v) is 4.76. The molecule has 1 aromatic carbocycles. The SMILES string of the molecule is CCn1cc(Cc2ncc3c(n2)-c2c(nn(C)c2-c2ccc(-c4cnn(C)c4)cc2)CC3)cn1. The number of nitrogens with zero attached hydrogens (tertiary/aromatic N) is 8. The summed E-state index contributed by atoms with van der Waals surface area (Å²) < 4.78 is 5.74. The summed E-state index contributed by atoms with van der Waals surface area (Å²) in [6.45, 7) is 2.94. The normalized spacial score (nSPS) is 12.6. The molecule has 34 heavy (non-hydrogen) atoms. The van der Waals surface area contributed by atoms with Crippen LogP contribution in [0.2, 0.25) is 0 Å². The molecule has 0 saturated carbocycles. The average molecular weight is 451 g/mol. The molecule has 0 fully saturated rings. The van der Waals surface area contributed by atoms with Crippen molar-refractivity contribution in [2.45, 2.75) is 32.7 Å². The Morgan fingerprint density at radius 2 is 1.71 bits per heavy atom. The van der Waals surface area contributed by atoms with Gasteiger partial charge in [0.05, 0.1) is 29.5 Å². The van der Waals surface area contributed by atoms with Crippen molar-refractivity contribution in [3.8, 4) is 33.6 Å². The first-order valence-corrected chi connectivity index (χ1v) is 11.6. The van der Waals surface area contributed by atoms with E-state index < -0.39 is 0 Å². The highest BCUT2D eigenvalue weighted by Gasteiger charge is 2.27. The number of aromatic nitrogens is 8. The smallest absolute Gasteiger partial charge is 0.133 e. The summed E-state index contributed by atoms with van der Waals surface area (Å²) in [7, 11) is 3.95. The Hall–Kier alpha value is -4.07. The van der Waals surface area contributed by atoms with Crippen LogP contribution >= 0.6 is 0 Å². The van der Waals surface area contributed by atoms with E-state index in [0.29, 0.717) is 6.42 Å². The lowest BCUT2D eigenvalue weighted by molar-refractivity contribution is 0.659. The molecule has 0 radical (unpaired) electrons. The molecule has 1 aliphatic carbocycles. The van der Waals surface area contributed by atoms with Gasteiger partial charge in [-0.15, -0.1) is 0 Å². The summed E-state index contributed by atoms with van der Waals surface area (Å²) in [5.41, 5.74) is 10.0. The highest BCUT2D eigenvalue weighted by atomic mass is 15.3. The van der Waals surface area contributed by atoms with Crippen LogP contribution in [0.15, 0.2) is 55.2 Å². The van der Waals surface area contributed by atoms with Crippen LogP contribution < -0.4 is 0 Å². The molecule has 0 amide bonds. The molecule has 4 heterocycles. The predicted molar refractivity (Wildman–Crippen MR) is 130 cm³/mol. The molecule has 8 heteroatoms. The number of hydrogen-bond acceptors (Lipinski definition) is 5. The molecule has 0 N–H and O–H groups in total. The van der Waals surface area contributed by atoms with Gasteiger partial charge < -0.3 is 0 Å². The Bertz CT molecular complexity index is 1490. The first-order valence-electron chi connectivity index (χ1n) is 11.6. The van der Waals surface area contributed by atoms with E-state index >= 15 is 0 Å². The molecule has 0 atom stereocenters. The Morgan fingerprint density at radius 1 is 0.882 bits per heavy atom. The molecule has 1 aliphatic rings. The third-order valence-electron chi connectivity index (χ3n) is 6.47. The van der Waals surface area contributed by atoms with Crippen molar-refractivity contribution in [3.63, 3.8) is 0 Å². The van der Waals surface area contributed by atoms with Crippen molar-refractivity contribution in [1.82, 2.24) is 39.3 Å². The molecule has 6 rings (SSSR count). The van der Waals surface area contributed by atoms with E-state index in [2.05, 4.69) is 52.6 Å². The van der Waals surface area contributed by atoms with Gasteiger partial charge in [-0.3, -0.25) is 14.0 Å². The van der Waals surface area contributed by atoms with Gasteiger partial charge in [-0.2, -0.15) is 15.3 Å². The van der Waals surface area contributed by atoms with E-state index in [1.807, 2.05) is 52.9 Å². The quantitative estimate of drug-likeness (QED) is 0.406. The van der Waals surface area contributed by atoms with E-state index in [4.69, 9.17) is 10.1 Å². The van der Waals surface area contributed by atoms with Gasteiger partial charge in [0.25, 0.3) is 0 Å². The van der Waals surface area contributed by atoms with E-state index in [1.165, 1.54) is 5.56 Å². The van der Waals surface area contributed by atoms with Crippen LogP contribution in [0.25, 0.3) is 33.6 Å². The van der Waals surface area contributed by atoms with Crippen LogP contribution in [-0.2, 0) is 39.9 Å². The standard InChI is InChI=1S/C26H26N8/c1-4-34-15-17(12-29-34)11-23-27-13-20-9-10-22-24(25(20)30-23)26(33(3)31-22)19-7-5-18(6-8-19)21-14-28-32(2)16-21/h5-8,12-16H,4,9-11H2,1-3H3. The van der Waals surface area contributed by atoms with Gasteiger partial charge in [-0.05, 0) is 36.5 Å². The second-order valence-electron chi connectivity index (χ2n) is 8.82. The van der Waals surface area contributed by atoms with Crippen molar-refractivity contribution in [2.24, 2.45) is 14.1 Å². The lowest BCUT2D eigenvalue weighted by atomic mass is 9.91. The number of hydrogen-bond donors (Lipinski definition) is 0. The third-order valence-corrected chi connectivity index (χ3v) is 6.47. The molecule has 5 aromatic rings. The van der Waals surface area contributed by atoms with Gasteiger partial charge in [0, 0.05) is 62.3 Å². The summed E-state index contributed by atoms with van der Waals surface area (Å²) in [4.78, 5) is 9.71. The second kappa shape index (κ2) is 8.06. The topological polar surface area (TPSA) is 79.2 Å². The number of aryl methyl sites for hydroxylation is 5. The molecule has 0 bridgehead atoms. The third kappa shape index (κ3) is 3.51.